The monoisotopic (exact) mass is 499 g/mol. The van der Waals surface area contributed by atoms with Gasteiger partial charge in [-0.25, -0.2) is 0 Å². The lowest BCUT2D eigenvalue weighted by atomic mass is 9.96. The number of hydrogen-bond acceptors (Lipinski definition) is 4. The Labute approximate surface area is 217 Å². The summed E-state index contributed by atoms with van der Waals surface area (Å²) >= 11 is 0. The number of aryl methyl sites for hydroxylation is 3. The SMILES string of the molecule is Cc1cccc(C(=O)N2CCc3c(c(C(=O)N4CCC[C@@H](C(=O)Nc5ccccc5C)C4)nn3C)C2)c1. The third-order valence-electron chi connectivity index (χ3n) is 7.48. The zero-order chi connectivity index (χ0) is 26.1. The van der Waals surface area contributed by atoms with Gasteiger partial charge in [-0.2, -0.15) is 5.10 Å². The molecule has 1 saturated heterocycles. The average Bonchev–Trinajstić information content (AvgIpc) is 3.24. The van der Waals surface area contributed by atoms with E-state index in [-0.39, 0.29) is 23.6 Å². The molecule has 3 amide bonds. The summed E-state index contributed by atoms with van der Waals surface area (Å²) in [7, 11) is 1.85. The first-order valence-corrected chi connectivity index (χ1v) is 12.9. The Balaban J connectivity index is 1.32. The Morgan fingerprint density at radius 1 is 0.973 bits per heavy atom. The quantitative estimate of drug-likeness (QED) is 0.593. The van der Waals surface area contributed by atoms with Crippen molar-refractivity contribution >= 4 is 23.4 Å². The normalized spacial score (nSPS) is 17.3. The minimum atomic E-state index is -0.281. The highest BCUT2D eigenvalue weighted by atomic mass is 16.2. The molecule has 8 heteroatoms. The van der Waals surface area contributed by atoms with Crippen molar-refractivity contribution < 1.29 is 14.4 Å². The maximum atomic E-state index is 13.7. The van der Waals surface area contributed by atoms with Crippen molar-refractivity contribution in [2.45, 2.75) is 39.7 Å². The summed E-state index contributed by atoms with van der Waals surface area (Å²) in [6, 6.07) is 15.3. The number of para-hydroxylation sites is 1. The highest BCUT2D eigenvalue weighted by Gasteiger charge is 2.34. The number of amides is 3. The number of aromatic nitrogens is 2. The van der Waals surface area contributed by atoms with E-state index in [0.717, 1.165) is 40.9 Å². The van der Waals surface area contributed by atoms with Crippen LogP contribution >= 0.6 is 0 Å². The minimum Gasteiger partial charge on any atom is -0.336 e. The van der Waals surface area contributed by atoms with Gasteiger partial charge in [-0.3, -0.25) is 19.1 Å². The third kappa shape index (κ3) is 5.01. The van der Waals surface area contributed by atoms with E-state index >= 15 is 0 Å². The Bertz CT molecular complexity index is 1360. The van der Waals surface area contributed by atoms with E-state index in [2.05, 4.69) is 10.4 Å². The largest absolute Gasteiger partial charge is 0.336 e. The summed E-state index contributed by atoms with van der Waals surface area (Å²) in [6.45, 7) is 5.80. The van der Waals surface area contributed by atoms with Crippen molar-refractivity contribution in [1.29, 1.82) is 0 Å². The van der Waals surface area contributed by atoms with Crippen LogP contribution in [0.2, 0.25) is 0 Å². The van der Waals surface area contributed by atoms with Crippen LogP contribution in [-0.4, -0.2) is 56.9 Å². The maximum Gasteiger partial charge on any atom is 0.274 e. The molecule has 3 aromatic rings. The number of nitrogens with zero attached hydrogens (tertiary/aromatic N) is 4. The Hall–Kier alpha value is -3.94. The molecule has 192 valence electrons. The van der Waals surface area contributed by atoms with Gasteiger partial charge in [0.15, 0.2) is 5.69 Å². The van der Waals surface area contributed by atoms with E-state index in [0.29, 0.717) is 43.9 Å². The van der Waals surface area contributed by atoms with Crippen molar-refractivity contribution in [2.24, 2.45) is 13.0 Å². The van der Waals surface area contributed by atoms with E-state index in [1.807, 2.05) is 69.4 Å². The molecular weight excluding hydrogens is 466 g/mol. The number of anilines is 1. The molecule has 3 heterocycles. The molecule has 2 aliphatic heterocycles. The predicted molar refractivity (Wildman–Crippen MR) is 141 cm³/mol. The number of likely N-dealkylation sites (tertiary alicyclic amines) is 1. The van der Waals surface area contributed by atoms with Crippen LogP contribution in [0.15, 0.2) is 48.5 Å². The van der Waals surface area contributed by atoms with Crippen LogP contribution < -0.4 is 5.32 Å². The molecule has 0 bridgehead atoms. The Morgan fingerprint density at radius 3 is 2.57 bits per heavy atom. The van der Waals surface area contributed by atoms with E-state index in [1.54, 1.807) is 14.5 Å². The van der Waals surface area contributed by atoms with E-state index < -0.39 is 0 Å². The summed E-state index contributed by atoms with van der Waals surface area (Å²) < 4.78 is 1.77. The highest BCUT2D eigenvalue weighted by molar-refractivity contribution is 5.97. The second-order valence-corrected chi connectivity index (χ2v) is 10.1. The summed E-state index contributed by atoms with van der Waals surface area (Å²) in [4.78, 5) is 43.4. The molecule has 1 aromatic heterocycles. The first-order chi connectivity index (χ1) is 17.8. The van der Waals surface area contributed by atoms with Crippen LogP contribution in [0.4, 0.5) is 5.69 Å². The van der Waals surface area contributed by atoms with Gasteiger partial charge >= 0.3 is 0 Å². The van der Waals surface area contributed by atoms with Gasteiger partial charge in [0.1, 0.15) is 0 Å². The van der Waals surface area contributed by atoms with Gasteiger partial charge in [0.2, 0.25) is 5.91 Å². The summed E-state index contributed by atoms with van der Waals surface area (Å²) in [6.07, 6.45) is 2.14. The fraction of sp³-hybridized carbons (Fsp3) is 0.379. The molecule has 0 unspecified atom stereocenters. The molecule has 1 atom stereocenters. The van der Waals surface area contributed by atoms with Crippen LogP contribution in [0.25, 0.3) is 0 Å². The average molecular weight is 500 g/mol. The number of rotatable bonds is 4. The molecule has 0 saturated carbocycles. The molecule has 0 spiro atoms. The summed E-state index contributed by atoms with van der Waals surface area (Å²) in [5, 5.41) is 7.61. The molecule has 0 radical (unpaired) electrons. The highest BCUT2D eigenvalue weighted by Crippen LogP contribution is 2.27. The lowest BCUT2D eigenvalue weighted by molar-refractivity contribution is -0.121. The minimum absolute atomic E-state index is 0.0393. The predicted octanol–water partition coefficient (Wildman–Crippen LogP) is 3.73. The summed E-state index contributed by atoms with van der Waals surface area (Å²) in [5.74, 6) is -0.557. The first-order valence-electron chi connectivity index (χ1n) is 12.9. The number of piperidine rings is 1. The van der Waals surface area contributed by atoms with Crippen LogP contribution in [-0.2, 0) is 24.8 Å². The van der Waals surface area contributed by atoms with Crippen LogP contribution in [0.1, 0.15) is 56.1 Å². The fourth-order valence-corrected chi connectivity index (χ4v) is 5.37. The smallest absolute Gasteiger partial charge is 0.274 e. The first kappa shape index (κ1) is 24.7. The zero-order valence-electron chi connectivity index (χ0n) is 21.7. The second kappa shape index (κ2) is 10.2. The molecule has 1 N–H and O–H groups in total. The molecule has 37 heavy (non-hydrogen) atoms. The topological polar surface area (TPSA) is 87.5 Å². The second-order valence-electron chi connectivity index (χ2n) is 10.1. The van der Waals surface area contributed by atoms with E-state index in [4.69, 9.17) is 0 Å². The standard InChI is InChI=1S/C29H33N5O3/c1-19-8-6-10-21(16-19)28(36)34-15-13-25-23(18-34)26(31-32(25)3)29(37)33-14-7-11-22(17-33)27(35)30-24-12-5-4-9-20(24)2/h4-6,8-10,12,16,22H,7,11,13-15,17-18H2,1-3H3,(H,30,35)/t22-/m1/s1. The zero-order valence-corrected chi connectivity index (χ0v) is 21.7. The van der Waals surface area contributed by atoms with Crippen LogP contribution in [0.3, 0.4) is 0 Å². The number of carbonyl (C=O) groups excluding carboxylic acids is 3. The third-order valence-corrected chi connectivity index (χ3v) is 7.48. The Morgan fingerprint density at radius 2 is 1.78 bits per heavy atom. The maximum absolute atomic E-state index is 13.7. The van der Waals surface area contributed by atoms with Gasteiger partial charge in [-0.15, -0.1) is 0 Å². The molecule has 2 aromatic carbocycles. The van der Waals surface area contributed by atoms with Crippen LogP contribution in [0, 0.1) is 19.8 Å². The van der Waals surface area contributed by atoms with Gasteiger partial charge in [-0.1, -0.05) is 35.9 Å². The number of benzene rings is 2. The molecular formula is C29H33N5O3. The molecule has 8 nitrogen and oxygen atoms in total. The number of hydrogen-bond donors (Lipinski definition) is 1. The summed E-state index contributed by atoms with van der Waals surface area (Å²) in [5.41, 5.74) is 5.68. The van der Waals surface area contributed by atoms with Gasteiger partial charge in [0.05, 0.1) is 12.5 Å². The van der Waals surface area contributed by atoms with Crippen molar-refractivity contribution in [1.82, 2.24) is 19.6 Å². The Kier molecular flexibility index (Phi) is 6.82. The lowest BCUT2D eigenvalue weighted by Gasteiger charge is -2.32. The fourth-order valence-electron chi connectivity index (χ4n) is 5.37. The van der Waals surface area contributed by atoms with Crippen molar-refractivity contribution in [3.8, 4) is 0 Å². The van der Waals surface area contributed by atoms with Crippen LogP contribution in [0.5, 0.6) is 0 Å². The number of fused-ring (bicyclic) bond motifs is 1. The van der Waals surface area contributed by atoms with Gasteiger partial charge in [0, 0.05) is 55.6 Å². The van der Waals surface area contributed by atoms with Gasteiger partial charge < -0.3 is 15.1 Å². The van der Waals surface area contributed by atoms with Crippen molar-refractivity contribution in [3.05, 3.63) is 82.2 Å². The number of carbonyl (C=O) groups is 3. The van der Waals surface area contributed by atoms with E-state index in [9.17, 15) is 14.4 Å². The molecule has 1 fully saturated rings. The molecule has 0 aliphatic carbocycles. The number of nitrogens with one attached hydrogen (secondary N) is 1. The van der Waals surface area contributed by atoms with Gasteiger partial charge in [0.25, 0.3) is 11.8 Å². The molecule has 5 rings (SSSR count). The van der Waals surface area contributed by atoms with Gasteiger partial charge in [-0.05, 0) is 50.5 Å². The van der Waals surface area contributed by atoms with E-state index in [1.165, 1.54) is 0 Å². The van der Waals surface area contributed by atoms with Crippen molar-refractivity contribution in [3.63, 3.8) is 0 Å². The lowest BCUT2D eigenvalue weighted by Crippen LogP contribution is -2.44. The van der Waals surface area contributed by atoms with Crippen molar-refractivity contribution in [2.75, 3.05) is 25.0 Å². The molecule has 2 aliphatic rings.